The Morgan fingerprint density at radius 1 is 1.27 bits per heavy atom. The molecule has 2 aliphatic rings. The third kappa shape index (κ3) is 4.03. The Labute approximate surface area is 154 Å². The molecule has 1 atom stereocenters. The van der Waals surface area contributed by atoms with E-state index in [0.29, 0.717) is 44.2 Å². The van der Waals surface area contributed by atoms with Crippen molar-refractivity contribution in [2.75, 3.05) is 37.7 Å². The molecule has 2 heterocycles. The SMILES string of the molecule is CCCCN(CC)C(=O)N[C@@H]1CC(=O)N(c2ccc3c(c2)OCCO3)C1. The summed E-state index contributed by atoms with van der Waals surface area (Å²) in [6, 6.07) is 5.24. The minimum Gasteiger partial charge on any atom is -0.486 e. The van der Waals surface area contributed by atoms with Crippen LogP contribution in [0.15, 0.2) is 18.2 Å². The van der Waals surface area contributed by atoms with Crippen LogP contribution in [0.2, 0.25) is 0 Å². The molecule has 3 amide bonds. The number of nitrogens with one attached hydrogen (secondary N) is 1. The summed E-state index contributed by atoms with van der Waals surface area (Å²) in [7, 11) is 0. The Balaban J connectivity index is 1.62. The third-order valence-corrected chi connectivity index (χ3v) is 4.74. The molecular weight excluding hydrogens is 334 g/mol. The Morgan fingerprint density at radius 3 is 2.77 bits per heavy atom. The number of ether oxygens (including phenoxy) is 2. The number of benzene rings is 1. The lowest BCUT2D eigenvalue weighted by Crippen LogP contribution is -2.46. The molecule has 0 radical (unpaired) electrons. The first kappa shape index (κ1) is 18.4. The second kappa shape index (κ2) is 8.29. The topological polar surface area (TPSA) is 71.1 Å². The van der Waals surface area contributed by atoms with Gasteiger partial charge in [0.05, 0.1) is 6.04 Å². The van der Waals surface area contributed by atoms with Gasteiger partial charge in [-0.1, -0.05) is 13.3 Å². The van der Waals surface area contributed by atoms with Crippen LogP contribution in [0.1, 0.15) is 33.1 Å². The largest absolute Gasteiger partial charge is 0.486 e. The molecule has 2 aliphatic heterocycles. The summed E-state index contributed by atoms with van der Waals surface area (Å²) >= 11 is 0. The maximum Gasteiger partial charge on any atom is 0.317 e. The van der Waals surface area contributed by atoms with Crippen LogP contribution in [-0.2, 0) is 4.79 Å². The molecule has 0 saturated carbocycles. The molecule has 1 aromatic carbocycles. The van der Waals surface area contributed by atoms with E-state index in [1.54, 1.807) is 9.80 Å². The van der Waals surface area contributed by atoms with Gasteiger partial charge in [0, 0.05) is 37.8 Å². The van der Waals surface area contributed by atoms with Crippen LogP contribution in [0.5, 0.6) is 11.5 Å². The summed E-state index contributed by atoms with van der Waals surface area (Å²) in [5.74, 6) is 1.36. The van der Waals surface area contributed by atoms with E-state index >= 15 is 0 Å². The molecule has 1 saturated heterocycles. The fourth-order valence-electron chi connectivity index (χ4n) is 3.27. The number of hydrogen-bond donors (Lipinski definition) is 1. The first-order valence-corrected chi connectivity index (χ1v) is 9.37. The zero-order valence-electron chi connectivity index (χ0n) is 15.5. The Bertz CT molecular complexity index is 664. The minimum atomic E-state index is -0.182. The number of rotatable bonds is 6. The van der Waals surface area contributed by atoms with Crippen LogP contribution in [0.4, 0.5) is 10.5 Å². The van der Waals surface area contributed by atoms with Crippen molar-refractivity contribution in [1.29, 1.82) is 0 Å². The monoisotopic (exact) mass is 361 g/mol. The molecule has 7 nitrogen and oxygen atoms in total. The molecule has 1 N–H and O–H groups in total. The van der Waals surface area contributed by atoms with Crippen molar-refractivity contribution in [2.45, 2.75) is 39.2 Å². The van der Waals surface area contributed by atoms with E-state index in [1.807, 2.05) is 25.1 Å². The number of nitrogens with zero attached hydrogens (tertiary/aromatic N) is 2. The van der Waals surface area contributed by atoms with Crippen LogP contribution in [0, 0.1) is 0 Å². The zero-order valence-corrected chi connectivity index (χ0v) is 15.5. The highest BCUT2D eigenvalue weighted by atomic mass is 16.6. The molecule has 0 aliphatic carbocycles. The lowest BCUT2D eigenvalue weighted by atomic mass is 10.2. The molecule has 0 bridgehead atoms. The summed E-state index contributed by atoms with van der Waals surface area (Å²) < 4.78 is 11.1. The van der Waals surface area contributed by atoms with E-state index in [0.717, 1.165) is 25.1 Å². The number of fused-ring (bicyclic) bond motifs is 1. The number of carbonyl (C=O) groups is 2. The number of hydrogen-bond acceptors (Lipinski definition) is 4. The smallest absolute Gasteiger partial charge is 0.317 e. The lowest BCUT2D eigenvalue weighted by molar-refractivity contribution is -0.117. The summed E-state index contributed by atoms with van der Waals surface area (Å²) in [6.45, 7) is 6.99. The predicted molar refractivity (Wildman–Crippen MR) is 98.9 cm³/mol. The zero-order chi connectivity index (χ0) is 18.5. The maximum atomic E-state index is 12.4. The second-order valence-corrected chi connectivity index (χ2v) is 6.62. The van der Waals surface area contributed by atoms with Gasteiger partial charge in [0.2, 0.25) is 5.91 Å². The van der Waals surface area contributed by atoms with E-state index in [-0.39, 0.29) is 18.0 Å². The van der Waals surface area contributed by atoms with Crippen LogP contribution < -0.4 is 19.7 Å². The summed E-state index contributed by atoms with van der Waals surface area (Å²) in [4.78, 5) is 28.4. The standard InChI is InChI=1S/C19H27N3O4/c1-3-5-8-21(4-2)19(24)20-14-11-18(23)22(13-14)15-6-7-16-17(12-15)26-10-9-25-16/h6-7,12,14H,3-5,8-11,13H2,1-2H3,(H,20,24)/t14-/m1/s1. The maximum absolute atomic E-state index is 12.4. The number of unbranched alkanes of at least 4 members (excludes halogenated alkanes) is 1. The summed E-state index contributed by atoms with van der Waals surface area (Å²) in [5, 5.41) is 3.00. The minimum absolute atomic E-state index is 0.00332. The van der Waals surface area contributed by atoms with Gasteiger partial charge in [0.1, 0.15) is 13.2 Å². The van der Waals surface area contributed by atoms with Crippen molar-refractivity contribution in [3.63, 3.8) is 0 Å². The van der Waals surface area contributed by atoms with Gasteiger partial charge in [-0.15, -0.1) is 0 Å². The third-order valence-electron chi connectivity index (χ3n) is 4.74. The van der Waals surface area contributed by atoms with E-state index in [4.69, 9.17) is 9.47 Å². The number of anilines is 1. The average Bonchev–Trinajstić information content (AvgIpc) is 3.02. The number of carbonyl (C=O) groups excluding carboxylic acids is 2. The number of urea groups is 1. The summed E-state index contributed by atoms with van der Waals surface area (Å²) in [6.07, 6.45) is 2.34. The molecule has 142 valence electrons. The van der Waals surface area contributed by atoms with Gasteiger partial charge in [-0.2, -0.15) is 0 Å². The van der Waals surface area contributed by atoms with Gasteiger partial charge < -0.3 is 24.6 Å². The Hall–Kier alpha value is -2.44. The van der Waals surface area contributed by atoms with E-state index < -0.39 is 0 Å². The van der Waals surface area contributed by atoms with Crippen molar-refractivity contribution in [1.82, 2.24) is 10.2 Å². The average molecular weight is 361 g/mol. The van der Waals surface area contributed by atoms with Crippen LogP contribution >= 0.6 is 0 Å². The van der Waals surface area contributed by atoms with Gasteiger partial charge in [-0.05, 0) is 25.5 Å². The van der Waals surface area contributed by atoms with Gasteiger partial charge in [0.15, 0.2) is 11.5 Å². The molecule has 7 heteroatoms. The van der Waals surface area contributed by atoms with Crippen LogP contribution in [0.3, 0.4) is 0 Å². The fraction of sp³-hybridized carbons (Fsp3) is 0.579. The van der Waals surface area contributed by atoms with Crippen LogP contribution in [-0.4, -0.2) is 55.7 Å². The van der Waals surface area contributed by atoms with Gasteiger partial charge in [-0.25, -0.2) is 4.79 Å². The predicted octanol–water partition coefficient (Wildman–Crippen LogP) is 2.39. The molecule has 1 aromatic rings. The van der Waals surface area contributed by atoms with E-state index in [9.17, 15) is 9.59 Å². The van der Waals surface area contributed by atoms with E-state index in [2.05, 4.69) is 12.2 Å². The Morgan fingerprint density at radius 2 is 2.04 bits per heavy atom. The first-order valence-electron chi connectivity index (χ1n) is 9.37. The van der Waals surface area contributed by atoms with Crippen molar-refractivity contribution < 1.29 is 19.1 Å². The fourth-order valence-corrected chi connectivity index (χ4v) is 3.27. The normalized spacial score (nSPS) is 18.8. The van der Waals surface area contributed by atoms with Crippen molar-refractivity contribution in [3.05, 3.63) is 18.2 Å². The second-order valence-electron chi connectivity index (χ2n) is 6.62. The van der Waals surface area contributed by atoms with Crippen molar-refractivity contribution in [2.24, 2.45) is 0 Å². The molecule has 26 heavy (non-hydrogen) atoms. The first-order chi connectivity index (χ1) is 12.6. The highest BCUT2D eigenvalue weighted by Crippen LogP contribution is 2.35. The van der Waals surface area contributed by atoms with Crippen molar-refractivity contribution in [3.8, 4) is 11.5 Å². The molecule has 1 fully saturated rings. The quantitative estimate of drug-likeness (QED) is 0.845. The van der Waals surface area contributed by atoms with Crippen LogP contribution in [0.25, 0.3) is 0 Å². The lowest BCUT2D eigenvalue weighted by Gasteiger charge is -2.24. The molecule has 0 spiro atoms. The van der Waals surface area contributed by atoms with Gasteiger partial charge >= 0.3 is 6.03 Å². The van der Waals surface area contributed by atoms with Gasteiger partial charge in [-0.3, -0.25) is 4.79 Å². The highest BCUT2D eigenvalue weighted by molar-refractivity contribution is 5.97. The molecule has 0 aromatic heterocycles. The molecule has 3 rings (SSSR count). The van der Waals surface area contributed by atoms with Gasteiger partial charge in [0.25, 0.3) is 0 Å². The molecule has 0 unspecified atom stereocenters. The summed E-state index contributed by atoms with van der Waals surface area (Å²) in [5.41, 5.74) is 0.773. The Kier molecular flexibility index (Phi) is 5.85. The van der Waals surface area contributed by atoms with Crippen molar-refractivity contribution >= 4 is 17.6 Å². The number of amides is 3. The molecular formula is C19H27N3O4. The highest BCUT2D eigenvalue weighted by Gasteiger charge is 2.33. The van der Waals surface area contributed by atoms with E-state index in [1.165, 1.54) is 0 Å².